The van der Waals surface area contributed by atoms with Crippen LogP contribution in [-0.2, 0) is 35.5 Å². The van der Waals surface area contributed by atoms with Gasteiger partial charge in [-0.05, 0) is 61.4 Å². The largest absolute Gasteiger partial charge is 0.478 e. The maximum atomic E-state index is 9.55. The number of rotatable bonds is 8. The molecule has 0 radical (unpaired) electrons. The minimum absolute atomic E-state index is 0.467. The van der Waals surface area contributed by atoms with Gasteiger partial charge in [0.15, 0.2) is 0 Å². The average molecular weight is 549 g/mol. The van der Waals surface area contributed by atoms with Crippen molar-refractivity contribution in [2.45, 2.75) is 50.9 Å². The SMILES string of the molecule is O=C(O)/C=C/C(=O)O.c1coc(CCC2NCCn3cccc32)c1.c1coc(CCC2NCCn3cccc32)c1. The molecular weight excluding hydrogens is 512 g/mol. The molecule has 4 N–H and O–H groups in total. The molecule has 6 heterocycles. The lowest BCUT2D eigenvalue weighted by molar-refractivity contribution is -0.134. The van der Waals surface area contributed by atoms with Gasteiger partial charge in [-0.2, -0.15) is 0 Å². The van der Waals surface area contributed by atoms with E-state index in [2.05, 4.69) is 56.4 Å². The van der Waals surface area contributed by atoms with Gasteiger partial charge in [0.1, 0.15) is 11.5 Å². The number of fused-ring (bicyclic) bond motifs is 2. The Labute approximate surface area is 232 Å². The number of aryl methyl sites for hydroxylation is 2. The summed E-state index contributed by atoms with van der Waals surface area (Å²) in [5, 5.41) is 22.7. The Balaban J connectivity index is 0.000000148. The van der Waals surface area contributed by atoms with Crippen molar-refractivity contribution in [2.75, 3.05) is 13.1 Å². The summed E-state index contributed by atoms with van der Waals surface area (Å²) in [5.74, 6) is -0.365. The quantitative estimate of drug-likeness (QED) is 0.238. The first-order chi connectivity index (χ1) is 19.5. The summed E-state index contributed by atoms with van der Waals surface area (Å²) in [6, 6.07) is 17.6. The van der Waals surface area contributed by atoms with E-state index in [0.29, 0.717) is 24.2 Å². The molecule has 0 saturated carbocycles. The Hall–Kier alpha value is -4.28. The Morgan fingerprint density at radius 1 is 0.750 bits per heavy atom. The zero-order valence-electron chi connectivity index (χ0n) is 22.3. The van der Waals surface area contributed by atoms with Crippen molar-refractivity contribution in [1.29, 1.82) is 0 Å². The minimum Gasteiger partial charge on any atom is -0.478 e. The number of carboxylic acids is 2. The van der Waals surface area contributed by atoms with E-state index in [1.165, 1.54) is 11.4 Å². The van der Waals surface area contributed by atoms with Gasteiger partial charge in [-0.25, -0.2) is 9.59 Å². The number of nitrogens with zero attached hydrogens (tertiary/aromatic N) is 2. The third-order valence-electron chi connectivity index (χ3n) is 6.82. The fourth-order valence-corrected chi connectivity index (χ4v) is 4.95. The highest BCUT2D eigenvalue weighted by atomic mass is 16.4. The zero-order chi connectivity index (χ0) is 28.2. The molecule has 6 rings (SSSR count). The molecule has 0 aliphatic carbocycles. The van der Waals surface area contributed by atoms with Crippen molar-refractivity contribution in [2.24, 2.45) is 0 Å². The molecule has 2 aliphatic heterocycles. The molecule has 0 amide bonds. The standard InChI is InChI=1S/2C13H16N2O.C4H4O4/c2*1-4-13-12(14-7-9-15(13)8-1)6-5-11-3-2-10-16-11;5-3(6)1-2-4(7)8/h2*1-4,8,10,12,14H,5-7,9H2;1-2H,(H,5,6)(H,7,8)/b;;2-1+. The zero-order valence-corrected chi connectivity index (χ0v) is 22.3. The van der Waals surface area contributed by atoms with E-state index in [9.17, 15) is 9.59 Å². The summed E-state index contributed by atoms with van der Waals surface area (Å²) in [6.07, 6.45) is 13.1. The van der Waals surface area contributed by atoms with Crippen LogP contribution in [0.4, 0.5) is 0 Å². The van der Waals surface area contributed by atoms with Gasteiger partial charge in [0, 0.05) is 87.0 Å². The number of nitrogens with one attached hydrogen (secondary N) is 2. The van der Waals surface area contributed by atoms with Crippen molar-refractivity contribution in [3.8, 4) is 0 Å². The molecule has 10 nitrogen and oxygen atoms in total. The molecule has 40 heavy (non-hydrogen) atoms. The molecule has 10 heteroatoms. The van der Waals surface area contributed by atoms with Crippen LogP contribution in [0.3, 0.4) is 0 Å². The average Bonchev–Trinajstić information content (AvgIpc) is 3.77. The molecule has 4 aromatic rings. The summed E-state index contributed by atoms with van der Waals surface area (Å²) in [7, 11) is 0. The van der Waals surface area contributed by atoms with Gasteiger partial charge in [0.25, 0.3) is 0 Å². The Morgan fingerprint density at radius 3 is 1.57 bits per heavy atom. The Kier molecular flexibility index (Phi) is 10.6. The van der Waals surface area contributed by atoms with Gasteiger partial charge in [-0.1, -0.05) is 0 Å². The normalized spacial score (nSPS) is 17.6. The molecule has 2 unspecified atom stereocenters. The first-order valence-corrected chi connectivity index (χ1v) is 13.4. The van der Waals surface area contributed by atoms with Gasteiger partial charge < -0.3 is 38.8 Å². The molecule has 2 aliphatic rings. The van der Waals surface area contributed by atoms with Crippen LogP contribution in [0.15, 0.2) is 94.4 Å². The topological polar surface area (TPSA) is 135 Å². The van der Waals surface area contributed by atoms with Gasteiger partial charge in [-0.15, -0.1) is 0 Å². The van der Waals surface area contributed by atoms with Crippen LogP contribution in [0.2, 0.25) is 0 Å². The lowest BCUT2D eigenvalue weighted by Gasteiger charge is -2.26. The van der Waals surface area contributed by atoms with Crippen molar-refractivity contribution in [3.05, 3.63) is 109 Å². The highest BCUT2D eigenvalue weighted by Gasteiger charge is 2.20. The van der Waals surface area contributed by atoms with E-state index >= 15 is 0 Å². The minimum atomic E-state index is -1.26. The summed E-state index contributed by atoms with van der Waals surface area (Å²) >= 11 is 0. The number of carboxylic acid groups (broad SMARTS) is 2. The first kappa shape index (κ1) is 28.7. The molecule has 212 valence electrons. The number of hydrogen-bond acceptors (Lipinski definition) is 6. The van der Waals surface area contributed by atoms with Crippen molar-refractivity contribution < 1.29 is 28.6 Å². The third-order valence-corrected chi connectivity index (χ3v) is 6.82. The number of furan rings is 2. The molecule has 0 bridgehead atoms. The fraction of sp³-hybridized carbons (Fsp3) is 0.333. The van der Waals surface area contributed by atoms with Gasteiger partial charge in [0.05, 0.1) is 12.5 Å². The van der Waals surface area contributed by atoms with E-state index in [0.717, 1.165) is 63.4 Å². The summed E-state index contributed by atoms with van der Waals surface area (Å²) in [4.78, 5) is 19.1. The van der Waals surface area contributed by atoms with E-state index in [-0.39, 0.29) is 0 Å². The maximum Gasteiger partial charge on any atom is 0.328 e. The van der Waals surface area contributed by atoms with Crippen molar-refractivity contribution in [3.63, 3.8) is 0 Å². The molecule has 0 fully saturated rings. The van der Waals surface area contributed by atoms with Crippen LogP contribution in [0.5, 0.6) is 0 Å². The summed E-state index contributed by atoms with van der Waals surface area (Å²) < 4.78 is 15.4. The number of carbonyl (C=O) groups is 2. The van der Waals surface area contributed by atoms with E-state index in [1.54, 1.807) is 12.5 Å². The molecule has 0 spiro atoms. The number of aliphatic carboxylic acids is 2. The van der Waals surface area contributed by atoms with E-state index in [1.807, 2.05) is 24.3 Å². The van der Waals surface area contributed by atoms with Crippen LogP contribution < -0.4 is 10.6 Å². The van der Waals surface area contributed by atoms with Crippen LogP contribution in [0, 0.1) is 0 Å². The van der Waals surface area contributed by atoms with Crippen LogP contribution in [0.1, 0.15) is 47.8 Å². The Morgan fingerprint density at radius 2 is 1.20 bits per heavy atom. The van der Waals surface area contributed by atoms with Crippen molar-refractivity contribution in [1.82, 2.24) is 19.8 Å². The molecule has 0 aromatic carbocycles. The van der Waals surface area contributed by atoms with E-state index < -0.39 is 11.9 Å². The summed E-state index contributed by atoms with van der Waals surface area (Å²) in [5.41, 5.74) is 2.80. The van der Waals surface area contributed by atoms with Crippen LogP contribution in [0.25, 0.3) is 0 Å². The van der Waals surface area contributed by atoms with Crippen molar-refractivity contribution >= 4 is 11.9 Å². The van der Waals surface area contributed by atoms with Crippen LogP contribution in [-0.4, -0.2) is 44.4 Å². The fourth-order valence-electron chi connectivity index (χ4n) is 4.95. The third kappa shape index (κ3) is 8.62. The number of aromatic nitrogens is 2. The molecule has 0 saturated heterocycles. The second-order valence-corrected chi connectivity index (χ2v) is 9.51. The first-order valence-electron chi connectivity index (χ1n) is 13.4. The summed E-state index contributed by atoms with van der Waals surface area (Å²) in [6.45, 7) is 4.29. The van der Waals surface area contributed by atoms with Gasteiger partial charge in [-0.3, -0.25) is 0 Å². The smallest absolute Gasteiger partial charge is 0.328 e. The van der Waals surface area contributed by atoms with Gasteiger partial charge in [0.2, 0.25) is 0 Å². The molecule has 2 atom stereocenters. The lowest BCUT2D eigenvalue weighted by atomic mass is 10.1. The second kappa shape index (κ2) is 14.8. The van der Waals surface area contributed by atoms with Crippen LogP contribution >= 0.6 is 0 Å². The maximum absolute atomic E-state index is 9.55. The second-order valence-electron chi connectivity index (χ2n) is 9.51. The van der Waals surface area contributed by atoms with Gasteiger partial charge >= 0.3 is 11.9 Å². The molecule has 4 aromatic heterocycles. The highest BCUT2D eigenvalue weighted by molar-refractivity contribution is 5.89. The van der Waals surface area contributed by atoms with E-state index in [4.69, 9.17) is 19.0 Å². The molecular formula is C30H36N4O6. The predicted octanol–water partition coefficient (Wildman–Crippen LogP) is 4.43. The lowest BCUT2D eigenvalue weighted by Crippen LogP contribution is -2.33. The number of hydrogen-bond donors (Lipinski definition) is 4. The Bertz CT molecular complexity index is 1230. The monoisotopic (exact) mass is 548 g/mol. The predicted molar refractivity (Wildman–Crippen MR) is 149 cm³/mol. The highest BCUT2D eigenvalue weighted by Crippen LogP contribution is 2.24.